The second kappa shape index (κ2) is 8.53. The molecule has 1 aromatic rings. The third kappa shape index (κ3) is 5.57. The summed E-state index contributed by atoms with van der Waals surface area (Å²) in [5.74, 6) is 0.397. The maximum Gasteiger partial charge on any atom is 0.270 e. The Morgan fingerprint density at radius 2 is 1.95 bits per heavy atom. The smallest absolute Gasteiger partial charge is 0.270 e. The Hall–Kier alpha value is -1.62. The Morgan fingerprint density at radius 1 is 1.25 bits per heavy atom. The van der Waals surface area contributed by atoms with Crippen molar-refractivity contribution in [1.82, 2.24) is 5.32 Å². The summed E-state index contributed by atoms with van der Waals surface area (Å²) >= 11 is 5.58. The minimum absolute atomic E-state index is 0.0581. The van der Waals surface area contributed by atoms with E-state index in [0.29, 0.717) is 23.6 Å². The normalized spacial score (nSPS) is 10.3. The van der Waals surface area contributed by atoms with Gasteiger partial charge in [-0.15, -0.1) is 11.6 Å². The molecule has 110 valence electrons. The van der Waals surface area contributed by atoms with Crippen LogP contribution >= 0.6 is 11.6 Å². The number of benzene rings is 1. The Labute approximate surface area is 123 Å². The lowest BCUT2D eigenvalue weighted by Crippen LogP contribution is -2.24. The molecular weight excluding hydrogens is 280 g/mol. The number of carbonyl (C=O) groups excluding carboxylic acids is 1. The predicted octanol–water partition coefficient (Wildman–Crippen LogP) is 3.43. The number of unbranched alkanes of at least 4 members (excludes halogenated alkanes) is 3. The predicted molar refractivity (Wildman–Crippen MR) is 79.4 cm³/mol. The highest BCUT2D eigenvalue weighted by Crippen LogP contribution is 2.16. The van der Waals surface area contributed by atoms with Crippen LogP contribution in [0, 0.1) is 17.0 Å². The van der Waals surface area contributed by atoms with Crippen LogP contribution in [-0.2, 0) is 0 Å². The van der Waals surface area contributed by atoms with Gasteiger partial charge < -0.3 is 5.32 Å². The van der Waals surface area contributed by atoms with Crippen LogP contribution in [0.1, 0.15) is 41.6 Å². The van der Waals surface area contributed by atoms with E-state index in [4.69, 9.17) is 11.6 Å². The number of nitrogens with zero attached hydrogens (tertiary/aromatic N) is 1. The first kappa shape index (κ1) is 16.4. The van der Waals surface area contributed by atoms with Crippen LogP contribution in [-0.4, -0.2) is 23.3 Å². The molecule has 0 bridgehead atoms. The fourth-order valence-corrected chi connectivity index (χ4v) is 2.07. The third-order valence-corrected chi connectivity index (χ3v) is 3.15. The number of hydrogen-bond acceptors (Lipinski definition) is 3. The van der Waals surface area contributed by atoms with E-state index in [2.05, 4.69) is 5.32 Å². The molecule has 6 heteroatoms. The van der Waals surface area contributed by atoms with Gasteiger partial charge in [0.15, 0.2) is 0 Å². The molecule has 5 nitrogen and oxygen atoms in total. The average molecular weight is 299 g/mol. The van der Waals surface area contributed by atoms with Crippen molar-refractivity contribution in [2.45, 2.75) is 32.6 Å². The molecule has 1 rings (SSSR count). The van der Waals surface area contributed by atoms with Crippen LogP contribution in [0.15, 0.2) is 18.2 Å². The number of halogens is 1. The summed E-state index contributed by atoms with van der Waals surface area (Å²) in [5, 5.41) is 13.5. The maximum absolute atomic E-state index is 11.9. The molecule has 0 atom stereocenters. The fraction of sp³-hybridized carbons (Fsp3) is 0.500. The summed E-state index contributed by atoms with van der Waals surface area (Å²) in [6.07, 6.45) is 3.94. The van der Waals surface area contributed by atoms with Crippen molar-refractivity contribution >= 4 is 23.2 Å². The van der Waals surface area contributed by atoms with Crippen molar-refractivity contribution in [2.24, 2.45) is 0 Å². The first-order chi connectivity index (χ1) is 9.54. The molecule has 0 unspecified atom stereocenters. The zero-order valence-electron chi connectivity index (χ0n) is 11.5. The zero-order valence-corrected chi connectivity index (χ0v) is 12.3. The van der Waals surface area contributed by atoms with Crippen LogP contribution in [0.5, 0.6) is 0 Å². The van der Waals surface area contributed by atoms with E-state index in [1.807, 2.05) is 0 Å². The van der Waals surface area contributed by atoms with Gasteiger partial charge in [0, 0.05) is 30.1 Å². The molecular formula is C14H19ClN2O3. The third-order valence-electron chi connectivity index (χ3n) is 2.88. The number of nitrogens with one attached hydrogen (secondary N) is 1. The van der Waals surface area contributed by atoms with E-state index in [1.165, 1.54) is 12.1 Å². The Morgan fingerprint density at radius 3 is 2.60 bits per heavy atom. The molecule has 20 heavy (non-hydrogen) atoms. The van der Waals surface area contributed by atoms with E-state index in [0.717, 1.165) is 25.7 Å². The van der Waals surface area contributed by atoms with Gasteiger partial charge in [0.2, 0.25) is 0 Å². The number of alkyl halides is 1. The van der Waals surface area contributed by atoms with Crippen LogP contribution in [0.4, 0.5) is 5.69 Å². The standard InChI is InChI=1S/C14H19ClN2O3/c1-11-8-12(10-13(9-11)17(19)20)14(18)16-7-5-3-2-4-6-15/h8-10H,2-7H2,1H3,(H,16,18). The van der Waals surface area contributed by atoms with Crippen molar-refractivity contribution in [1.29, 1.82) is 0 Å². The Bertz CT molecular complexity index is 477. The molecule has 0 fully saturated rings. The molecule has 1 N–H and O–H groups in total. The summed E-state index contributed by atoms with van der Waals surface area (Å²) in [4.78, 5) is 22.2. The lowest BCUT2D eigenvalue weighted by Gasteiger charge is -2.06. The summed E-state index contributed by atoms with van der Waals surface area (Å²) in [5.41, 5.74) is 0.973. The van der Waals surface area contributed by atoms with Gasteiger partial charge in [-0.25, -0.2) is 0 Å². The van der Waals surface area contributed by atoms with Gasteiger partial charge in [0.05, 0.1) is 4.92 Å². The highest BCUT2D eigenvalue weighted by molar-refractivity contribution is 6.17. The lowest BCUT2D eigenvalue weighted by molar-refractivity contribution is -0.384. The van der Waals surface area contributed by atoms with Gasteiger partial charge in [-0.2, -0.15) is 0 Å². The van der Waals surface area contributed by atoms with Crippen LogP contribution in [0.25, 0.3) is 0 Å². The molecule has 0 aromatic heterocycles. The fourth-order valence-electron chi connectivity index (χ4n) is 1.88. The molecule has 0 heterocycles. The van der Waals surface area contributed by atoms with Gasteiger partial charge in [0.25, 0.3) is 11.6 Å². The van der Waals surface area contributed by atoms with E-state index in [1.54, 1.807) is 13.0 Å². The van der Waals surface area contributed by atoms with Crippen molar-refractivity contribution in [3.63, 3.8) is 0 Å². The number of aryl methyl sites for hydroxylation is 1. The van der Waals surface area contributed by atoms with Crippen LogP contribution in [0.3, 0.4) is 0 Å². The van der Waals surface area contributed by atoms with E-state index < -0.39 is 4.92 Å². The van der Waals surface area contributed by atoms with Gasteiger partial charge in [0.1, 0.15) is 0 Å². The number of rotatable bonds is 8. The van der Waals surface area contributed by atoms with Crippen molar-refractivity contribution in [3.05, 3.63) is 39.4 Å². The summed E-state index contributed by atoms with van der Waals surface area (Å²) in [6.45, 7) is 2.30. The van der Waals surface area contributed by atoms with Crippen LogP contribution < -0.4 is 5.32 Å². The monoisotopic (exact) mass is 298 g/mol. The number of non-ortho nitro benzene ring substituents is 1. The van der Waals surface area contributed by atoms with E-state index in [9.17, 15) is 14.9 Å². The molecule has 0 saturated heterocycles. The lowest BCUT2D eigenvalue weighted by atomic mass is 10.1. The largest absolute Gasteiger partial charge is 0.352 e. The highest BCUT2D eigenvalue weighted by Gasteiger charge is 2.12. The van der Waals surface area contributed by atoms with Crippen molar-refractivity contribution in [3.8, 4) is 0 Å². The Kier molecular flexibility index (Phi) is 7.01. The van der Waals surface area contributed by atoms with E-state index >= 15 is 0 Å². The van der Waals surface area contributed by atoms with Crippen LogP contribution in [0.2, 0.25) is 0 Å². The quantitative estimate of drug-likeness (QED) is 0.346. The number of hydrogen-bond donors (Lipinski definition) is 1. The first-order valence-corrected chi connectivity index (χ1v) is 7.18. The second-order valence-corrected chi connectivity index (χ2v) is 5.05. The molecule has 1 aromatic carbocycles. The summed E-state index contributed by atoms with van der Waals surface area (Å²) < 4.78 is 0. The van der Waals surface area contributed by atoms with Gasteiger partial charge >= 0.3 is 0 Å². The van der Waals surface area contributed by atoms with Crippen molar-refractivity contribution < 1.29 is 9.72 Å². The van der Waals surface area contributed by atoms with Gasteiger partial charge in [-0.05, 0) is 31.4 Å². The number of carbonyl (C=O) groups is 1. The molecule has 1 amide bonds. The number of amides is 1. The van der Waals surface area contributed by atoms with Gasteiger partial charge in [-0.3, -0.25) is 14.9 Å². The topological polar surface area (TPSA) is 72.2 Å². The molecule has 0 radical (unpaired) electrons. The zero-order chi connectivity index (χ0) is 15.0. The minimum Gasteiger partial charge on any atom is -0.352 e. The SMILES string of the molecule is Cc1cc(C(=O)NCCCCCCCl)cc([N+](=O)[O-])c1. The minimum atomic E-state index is -0.490. The summed E-state index contributed by atoms with van der Waals surface area (Å²) in [7, 11) is 0. The van der Waals surface area contributed by atoms with E-state index in [-0.39, 0.29) is 11.6 Å². The maximum atomic E-state index is 11.9. The molecule has 0 aliphatic rings. The van der Waals surface area contributed by atoms with Crippen molar-refractivity contribution in [2.75, 3.05) is 12.4 Å². The second-order valence-electron chi connectivity index (χ2n) is 4.67. The Balaban J connectivity index is 2.49. The molecule has 0 saturated carbocycles. The molecule has 0 aliphatic carbocycles. The average Bonchev–Trinajstić information content (AvgIpc) is 2.41. The number of nitro benzene ring substituents is 1. The number of nitro groups is 1. The summed E-state index contributed by atoms with van der Waals surface area (Å²) in [6, 6.07) is 4.40. The molecule has 0 aliphatic heterocycles. The first-order valence-electron chi connectivity index (χ1n) is 6.65. The highest BCUT2D eigenvalue weighted by atomic mass is 35.5. The molecule has 0 spiro atoms. The van der Waals surface area contributed by atoms with Gasteiger partial charge in [-0.1, -0.05) is 12.8 Å².